The Hall–Kier alpha value is -0.900. The normalized spacial score (nSPS) is 10.1. The smallest absolute Gasteiger partial charge is 0.185 e. The molecule has 0 spiro atoms. The van der Waals surface area contributed by atoms with Crippen molar-refractivity contribution in [2.24, 2.45) is 0 Å². The molecule has 0 saturated heterocycles. The van der Waals surface area contributed by atoms with Gasteiger partial charge in [0.25, 0.3) is 0 Å². The van der Waals surface area contributed by atoms with Gasteiger partial charge < -0.3 is 4.90 Å². The van der Waals surface area contributed by atoms with Gasteiger partial charge in [0.1, 0.15) is 0 Å². The number of anilines is 1. The fraction of sp³-hybridized carbons (Fsp3) is 0.556. The molecule has 1 aromatic heterocycles. The molecule has 4 heteroatoms. The second kappa shape index (κ2) is 4.37. The summed E-state index contributed by atoms with van der Waals surface area (Å²) in [6.45, 7) is 2.09. The predicted molar refractivity (Wildman–Crippen MR) is 55.8 cm³/mol. The molecule has 0 amide bonds. The number of nitrogens with zero attached hydrogens (tertiary/aromatic N) is 2. The van der Waals surface area contributed by atoms with E-state index in [0.717, 1.165) is 34.8 Å². The highest BCUT2D eigenvalue weighted by molar-refractivity contribution is 7.17. The summed E-state index contributed by atoms with van der Waals surface area (Å²) in [5.74, 6) is 0. The lowest BCUT2D eigenvalue weighted by molar-refractivity contribution is 0.112. The fourth-order valence-corrected chi connectivity index (χ4v) is 1.90. The second-order valence-electron chi connectivity index (χ2n) is 3.07. The van der Waals surface area contributed by atoms with Crippen LogP contribution in [0.3, 0.4) is 0 Å². The molecule has 1 heterocycles. The van der Waals surface area contributed by atoms with Crippen LogP contribution in [-0.4, -0.2) is 25.4 Å². The summed E-state index contributed by atoms with van der Waals surface area (Å²) < 4.78 is 0. The lowest BCUT2D eigenvalue weighted by Gasteiger charge is -2.05. The van der Waals surface area contributed by atoms with Crippen LogP contribution in [0.5, 0.6) is 0 Å². The van der Waals surface area contributed by atoms with E-state index in [1.165, 1.54) is 11.3 Å². The fourth-order valence-electron chi connectivity index (χ4n) is 1.05. The summed E-state index contributed by atoms with van der Waals surface area (Å²) in [5.41, 5.74) is 0.936. The zero-order chi connectivity index (χ0) is 9.84. The minimum absolute atomic E-state index is 0.769. The van der Waals surface area contributed by atoms with E-state index in [0.29, 0.717) is 0 Å². The van der Waals surface area contributed by atoms with Crippen LogP contribution in [0.4, 0.5) is 5.13 Å². The summed E-state index contributed by atoms with van der Waals surface area (Å²) in [5, 5.41) is 0.908. The third-order valence-corrected chi connectivity index (χ3v) is 2.88. The third kappa shape index (κ3) is 2.28. The minimum atomic E-state index is 0.769. The molecule has 0 aliphatic carbocycles. The Morgan fingerprint density at radius 2 is 2.23 bits per heavy atom. The molecule has 1 rings (SSSR count). The largest absolute Gasteiger partial charge is 0.354 e. The standard InChI is InChI=1S/C9H14N2OS/c1-4-5-7-8(6-12)13-9(10-7)11(2)3/h6H,4-5H2,1-3H3. The number of aldehydes is 1. The molecule has 0 fully saturated rings. The van der Waals surface area contributed by atoms with E-state index >= 15 is 0 Å². The lowest BCUT2D eigenvalue weighted by atomic mass is 10.2. The molecule has 72 valence electrons. The van der Waals surface area contributed by atoms with Crippen LogP contribution in [0.15, 0.2) is 0 Å². The van der Waals surface area contributed by atoms with E-state index in [4.69, 9.17) is 0 Å². The highest BCUT2D eigenvalue weighted by atomic mass is 32.1. The highest BCUT2D eigenvalue weighted by Gasteiger charge is 2.10. The molecule has 0 aromatic carbocycles. The zero-order valence-electron chi connectivity index (χ0n) is 8.20. The highest BCUT2D eigenvalue weighted by Crippen LogP contribution is 2.24. The third-order valence-electron chi connectivity index (χ3n) is 1.69. The number of hydrogen-bond donors (Lipinski definition) is 0. The molecule has 13 heavy (non-hydrogen) atoms. The molecule has 0 unspecified atom stereocenters. The average Bonchev–Trinajstić information content (AvgIpc) is 2.48. The molecule has 0 radical (unpaired) electrons. The monoisotopic (exact) mass is 198 g/mol. The molecule has 0 N–H and O–H groups in total. The summed E-state index contributed by atoms with van der Waals surface area (Å²) in [6, 6.07) is 0. The van der Waals surface area contributed by atoms with Crippen molar-refractivity contribution in [1.82, 2.24) is 4.98 Å². The van der Waals surface area contributed by atoms with Crippen LogP contribution in [0.25, 0.3) is 0 Å². The first-order chi connectivity index (χ1) is 6.19. The number of rotatable bonds is 4. The molecule has 0 atom stereocenters. The van der Waals surface area contributed by atoms with E-state index in [1.54, 1.807) is 0 Å². The van der Waals surface area contributed by atoms with Gasteiger partial charge in [0.2, 0.25) is 0 Å². The van der Waals surface area contributed by atoms with Crippen molar-refractivity contribution in [3.63, 3.8) is 0 Å². The van der Waals surface area contributed by atoms with E-state index < -0.39 is 0 Å². The van der Waals surface area contributed by atoms with Crippen LogP contribution >= 0.6 is 11.3 Å². The van der Waals surface area contributed by atoms with Gasteiger partial charge in [0.05, 0.1) is 10.6 Å². The SMILES string of the molecule is CCCc1nc(N(C)C)sc1C=O. The first-order valence-electron chi connectivity index (χ1n) is 4.31. The predicted octanol–water partition coefficient (Wildman–Crippen LogP) is 1.97. The zero-order valence-corrected chi connectivity index (χ0v) is 9.02. The number of thiazole rings is 1. The van der Waals surface area contributed by atoms with Crippen LogP contribution in [0.2, 0.25) is 0 Å². The van der Waals surface area contributed by atoms with Crippen LogP contribution in [-0.2, 0) is 6.42 Å². The van der Waals surface area contributed by atoms with Crippen LogP contribution < -0.4 is 4.90 Å². The van der Waals surface area contributed by atoms with Crippen molar-refractivity contribution < 1.29 is 4.79 Å². The molecule has 0 bridgehead atoms. The quantitative estimate of drug-likeness (QED) is 0.693. The van der Waals surface area contributed by atoms with Gasteiger partial charge >= 0.3 is 0 Å². The van der Waals surface area contributed by atoms with Gasteiger partial charge in [-0.3, -0.25) is 4.79 Å². The molecular weight excluding hydrogens is 184 g/mol. The van der Waals surface area contributed by atoms with E-state index in [9.17, 15) is 4.79 Å². The number of carbonyl (C=O) groups excluding carboxylic acids is 1. The van der Waals surface area contributed by atoms with Gasteiger partial charge in [-0.2, -0.15) is 0 Å². The number of aromatic nitrogens is 1. The molecular formula is C9H14N2OS. The van der Waals surface area contributed by atoms with Crippen LogP contribution in [0, 0.1) is 0 Å². The summed E-state index contributed by atoms with van der Waals surface area (Å²) in [4.78, 5) is 17.8. The van der Waals surface area contributed by atoms with Gasteiger partial charge in [-0.05, 0) is 6.42 Å². The molecule has 1 aromatic rings. The van der Waals surface area contributed by atoms with Crippen molar-refractivity contribution >= 4 is 22.8 Å². The van der Waals surface area contributed by atoms with Gasteiger partial charge in [0.15, 0.2) is 11.4 Å². The van der Waals surface area contributed by atoms with Crippen molar-refractivity contribution in [2.75, 3.05) is 19.0 Å². The molecule has 0 saturated carbocycles. The maximum atomic E-state index is 10.7. The van der Waals surface area contributed by atoms with Crippen molar-refractivity contribution in [3.8, 4) is 0 Å². The summed E-state index contributed by atoms with van der Waals surface area (Å²) in [6.07, 6.45) is 2.81. The Balaban J connectivity index is 2.96. The Kier molecular flexibility index (Phi) is 3.42. The average molecular weight is 198 g/mol. The van der Waals surface area contributed by atoms with Crippen LogP contribution in [0.1, 0.15) is 28.7 Å². The molecule has 0 aliphatic heterocycles. The first kappa shape index (κ1) is 10.2. The maximum absolute atomic E-state index is 10.7. The van der Waals surface area contributed by atoms with Gasteiger partial charge in [0, 0.05) is 14.1 Å². The number of carbonyl (C=O) groups is 1. The summed E-state index contributed by atoms with van der Waals surface area (Å²) >= 11 is 1.45. The maximum Gasteiger partial charge on any atom is 0.185 e. The Morgan fingerprint density at radius 3 is 2.69 bits per heavy atom. The van der Waals surface area contributed by atoms with Gasteiger partial charge in [-0.15, -0.1) is 0 Å². The lowest BCUT2D eigenvalue weighted by Crippen LogP contribution is -2.07. The topological polar surface area (TPSA) is 33.2 Å². The minimum Gasteiger partial charge on any atom is -0.354 e. The van der Waals surface area contributed by atoms with Crippen molar-refractivity contribution in [3.05, 3.63) is 10.6 Å². The van der Waals surface area contributed by atoms with Gasteiger partial charge in [-0.1, -0.05) is 24.7 Å². The molecule has 3 nitrogen and oxygen atoms in total. The Labute approximate surface area is 82.4 Å². The van der Waals surface area contributed by atoms with Gasteiger partial charge in [-0.25, -0.2) is 4.98 Å². The van der Waals surface area contributed by atoms with Crippen molar-refractivity contribution in [1.29, 1.82) is 0 Å². The van der Waals surface area contributed by atoms with Crippen molar-refractivity contribution in [2.45, 2.75) is 19.8 Å². The molecule has 0 aliphatic rings. The Morgan fingerprint density at radius 1 is 1.54 bits per heavy atom. The number of hydrogen-bond acceptors (Lipinski definition) is 4. The second-order valence-corrected chi connectivity index (χ2v) is 4.08. The van der Waals surface area contributed by atoms with E-state index in [2.05, 4.69) is 11.9 Å². The summed E-state index contributed by atoms with van der Waals surface area (Å²) in [7, 11) is 3.87. The Bertz CT molecular complexity index is 294. The van der Waals surface area contributed by atoms with E-state index in [1.807, 2.05) is 19.0 Å². The first-order valence-corrected chi connectivity index (χ1v) is 5.13. The van der Waals surface area contributed by atoms with E-state index in [-0.39, 0.29) is 0 Å². The number of aryl methyl sites for hydroxylation is 1.